The number of likely N-dealkylation sites (N-methyl/N-ethyl adjacent to an activating group) is 1. The molecule has 1 atom stereocenters. The molecule has 0 aromatic heterocycles. The van der Waals surface area contributed by atoms with Crippen LogP contribution in [-0.2, 0) is 4.79 Å². The van der Waals surface area contributed by atoms with Gasteiger partial charge in [0, 0.05) is 14.1 Å². The molecule has 0 bridgehead atoms. The zero-order valence-electron chi connectivity index (χ0n) is 9.67. The van der Waals surface area contributed by atoms with E-state index in [1.807, 2.05) is 18.7 Å². The summed E-state index contributed by atoms with van der Waals surface area (Å²) in [7, 11) is 3.57. The highest BCUT2D eigenvalue weighted by atomic mass is 32.2. The lowest BCUT2D eigenvalue weighted by molar-refractivity contribution is -0.130. The average Bonchev–Trinajstić information content (AvgIpc) is 2.16. The number of thioether (sulfide) groups is 1. The molecule has 4 heteroatoms. The third-order valence-electron chi connectivity index (χ3n) is 2.04. The molecule has 0 spiro atoms. The quantitative estimate of drug-likeness (QED) is 0.652. The molecule has 1 amide bonds. The van der Waals surface area contributed by atoms with Crippen LogP contribution in [0.5, 0.6) is 0 Å². The van der Waals surface area contributed by atoms with Crippen molar-refractivity contribution in [1.82, 2.24) is 10.2 Å². The van der Waals surface area contributed by atoms with Gasteiger partial charge in [0.15, 0.2) is 0 Å². The second-order valence-electron chi connectivity index (χ2n) is 3.61. The topological polar surface area (TPSA) is 32.3 Å². The largest absolute Gasteiger partial charge is 0.347 e. The molecule has 1 unspecified atom stereocenters. The standard InChI is InChI=1S/C10H22N2OS/c1-9(10(13)12(2)3)11-7-5-6-8-14-4/h9,11H,5-8H2,1-4H3. The molecule has 0 aliphatic carbocycles. The molecule has 0 radical (unpaired) electrons. The minimum Gasteiger partial charge on any atom is -0.347 e. The number of hydrogen-bond donors (Lipinski definition) is 1. The molecule has 0 aromatic rings. The Hall–Kier alpha value is -0.220. The SMILES string of the molecule is CSCCCCNC(C)C(=O)N(C)C. The summed E-state index contributed by atoms with van der Waals surface area (Å²) in [4.78, 5) is 13.0. The van der Waals surface area contributed by atoms with Crippen LogP contribution >= 0.6 is 11.8 Å². The van der Waals surface area contributed by atoms with Crippen molar-refractivity contribution in [2.75, 3.05) is 32.6 Å². The zero-order valence-corrected chi connectivity index (χ0v) is 10.5. The Morgan fingerprint density at radius 3 is 2.57 bits per heavy atom. The highest BCUT2D eigenvalue weighted by Gasteiger charge is 2.12. The van der Waals surface area contributed by atoms with Crippen LogP contribution in [0.3, 0.4) is 0 Å². The van der Waals surface area contributed by atoms with Gasteiger partial charge in [0.05, 0.1) is 6.04 Å². The second-order valence-corrected chi connectivity index (χ2v) is 4.59. The van der Waals surface area contributed by atoms with E-state index in [0.717, 1.165) is 13.0 Å². The summed E-state index contributed by atoms with van der Waals surface area (Å²) in [6.45, 7) is 2.85. The number of unbranched alkanes of at least 4 members (excludes halogenated alkanes) is 1. The van der Waals surface area contributed by atoms with Gasteiger partial charge in [-0.05, 0) is 38.3 Å². The van der Waals surface area contributed by atoms with Crippen molar-refractivity contribution in [3.8, 4) is 0 Å². The molecule has 0 aromatic carbocycles. The van der Waals surface area contributed by atoms with E-state index in [4.69, 9.17) is 0 Å². The van der Waals surface area contributed by atoms with E-state index in [1.165, 1.54) is 12.2 Å². The zero-order chi connectivity index (χ0) is 11.0. The van der Waals surface area contributed by atoms with E-state index in [-0.39, 0.29) is 11.9 Å². The maximum Gasteiger partial charge on any atom is 0.238 e. The molecule has 0 aliphatic heterocycles. The molecule has 0 saturated carbocycles. The smallest absolute Gasteiger partial charge is 0.238 e. The van der Waals surface area contributed by atoms with Crippen LogP contribution in [-0.4, -0.2) is 49.5 Å². The number of carbonyl (C=O) groups excluding carboxylic acids is 1. The molecular weight excluding hydrogens is 196 g/mol. The third kappa shape index (κ3) is 6.27. The Balaban J connectivity index is 3.44. The predicted molar refractivity (Wildman–Crippen MR) is 63.8 cm³/mol. The van der Waals surface area contributed by atoms with E-state index in [2.05, 4.69) is 11.6 Å². The van der Waals surface area contributed by atoms with Crippen LogP contribution in [0, 0.1) is 0 Å². The Kier molecular flexibility index (Phi) is 7.99. The highest BCUT2D eigenvalue weighted by Crippen LogP contribution is 1.98. The van der Waals surface area contributed by atoms with Gasteiger partial charge in [-0.15, -0.1) is 0 Å². The fraction of sp³-hybridized carbons (Fsp3) is 0.900. The van der Waals surface area contributed by atoms with Gasteiger partial charge in [0.25, 0.3) is 0 Å². The van der Waals surface area contributed by atoms with Crippen LogP contribution in [0.15, 0.2) is 0 Å². The van der Waals surface area contributed by atoms with Gasteiger partial charge in [0.2, 0.25) is 5.91 Å². The van der Waals surface area contributed by atoms with Crippen molar-refractivity contribution in [2.45, 2.75) is 25.8 Å². The maximum absolute atomic E-state index is 11.4. The van der Waals surface area contributed by atoms with E-state index in [9.17, 15) is 4.79 Å². The number of carbonyl (C=O) groups is 1. The Bertz CT molecular complexity index is 162. The van der Waals surface area contributed by atoms with Gasteiger partial charge in [-0.3, -0.25) is 4.79 Å². The van der Waals surface area contributed by atoms with E-state index < -0.39 is 0 Å². The molecular formula is C10H22N2OS. The summed E-state index contributed by atoms with van der Waals surface area (Å²) in [5.74, 6) is 1.35. The van der Waals surface area contributed by atoms with Gasteiger partial charge in [0.1, 0.15) is 0 Å². The number of amides is 1. The first-order valence-electron chi connectivity index (χ1n) is 5.03. The van der Waals surface area contributed by atoms with Gasteiger partial charge >= 0.3 is 0 Å². The number of rotatable bonds is 7. The van der Waals surface area contributed by atoms with Crippen molar-refractivity contribution in [3.05, 3.63) is 0 Å². The molecule has 1 N–H and O–H groups in total. The Morgan fingerprint density at radius 2 is 2.07 bits per heavy atom. The first-order chi connectivity index (χ1) is 6.59. The normalized spacial score (nSPS) is 12.6. The van der Waals surface area contributed by atoms with Crippen LogP contribution in [0.25, 0.3) is 0 Å². The van der Waals surface area contributed by atoms with Gasteiger partial charge in [-0.25, -0.2) is 0 Å². The second kappa shape index (κ2) is 8.12. The fourth-order valence-corrected chi connectivity index (χ4v) is 1.66. The highest BCUT2D eigenvalue weighted by molar-refractivity contribution is 7.98. The van der Waals surface area contributed by atoms with Gasteiger partial charge in [-0.1, -0.05) is 0 Å². The van der Waals surface area contributed by atoms with Gasteiger partial charge < -0.3 is 10.2 Å². The van der Waals surface area contributed by atoms with Crippen molar-refractivity contribution in [3.63, 3.8) is 0 Å². The minimum atomic E-state index is -0.0562. The first-order valence-corrected chi connectivity index (χ1v) is 6.42. The average molecular weight is 218 g/mol. The Labute approximate surface area is 91.6 Å². The molecule has 3 nitrogen and oxygen atoms in total. The van der Waals surface area contributed by atoms with Crippen LogP contribution in [0.2, 0.25) is 0 Å². The van der Waals surface area contributed by atoms with Crippen molar-refractivity contribution in [2.24, 2.45) is 0 Å². The number of nitrogens with zero attached hydrogens (tertiary/aromatic N) is 1. The lowest BCUT2D eigenvalue weighted by Gasteiger charge is -2.17. The number of hydrogen-bond acceptors (Lipinski definition) is 3. The van der Waals surface area contributed by atoms with Crippen molar-refractivity contribution in [1.29, 1.82) is 0 Å². The molecule has 0 aliphatic rings. The maximum atomic E-state index is 11.4. The monoisotopic (exact) mass is 218 g/mol. The lowest BCUT2D eigenvalue weighted by Crippen LogP contribution is -2.41. The van der Waals surface area contributed by atoms with Crippen molar-refractivity contribution < 1.29 is 4.79 Å². The first kappa shape index (κ1) is 13.8. The van der Waals surface area contributed by atoms with E-state index in [1.54, 1.807) is 19.0 Å². The number of nitrogens with one attached hydrogen (secondary N) is 1. The predicted octanol–water partition coefficient (Wildman–Crippen LogP) is 1.20. The molecule has 0 saturated heterocycles. The lowest BCUT2D eigenvalue weighted by atomic mass is 10.2. The van der Waals surface area contributed by atoms with Crippen LogP contribution < -0.4 is 5.32 Å². The summed E-state index contributed by atoms with van der Waals surface area (Å²) in [6, 6.07) is -0.0562. The van der Waals surface area contributed by atoms with Gasteiger partial charge in [-0.2, -0.15) is 11.8 Å². The van der Waals surface area contributed by atoms with Crippen molar-refractivity contribution >= 4 is 17.7 Å². The fourth-order valence-electron chi connectivity index (χ4n) is 1.16. The summed E-state index contributed by atoms with van der Waals surface area (Å²) in [5.41, 5.74) is 0. The van der Waals surface area contributed by atoms with Crippen LogP contribution in [0.4, 0.5) is 0 Å². The minimum absolute atomic E-state index is 0.0562. The summed E-state index contributed by atoms with van der Waals surface area (Å²) in [5, 5.41) is 3.22. The summed E-state index contributed by atoms with van der Waals surface area (Å²) >= 11 is 1.87. The summed E-state index contributed by atoms with van der Waals surface area (Å²) < 4.78 is 0. The molecule has 84 valence electrons. The van der Waals surface area contributed by atoms with E-state index >= 15 is 0 Å². The summed E-state index contributed by atoms with van der Waals surface area (Å²) in [6.07, 6.45) is 4.48. The molecule has 14 heavy (non-hydrogen) atoms. The molecule has 0 fully saturated rings. The molecule has 0 heterocycles. The van der Waals surface area contributed by atoms with Crippen LogP contribution in [0.1, 0.15) is 19.8 Å². The Morgan fingerprint density at radius 1 is 1.43 bits per heavy atom. The van der Waals surface area contributed by atoms with E-state index in [0.29, 0.717) is 0 Å². The third-order valence-corrected chi connectivity index (χ3v) is 2.73. The molecule has 0 rings (SSSR count).